The minimum Gasteiger partial charge on any atom is -0.331 e. The van der Waals surface area contributed by atoms with Crippen molar-refractivity contribution in [2.45, 2.75) is 33.0 Å². The molecule has 1 saturated heterocycles. The molecular weight excluding hydrogens is 324 g/mol. The van der Waals surface area contributed by atoms with Gasteiger partial charge in [-0.2, -0.15) is 0 Å². The van der Waals surface area contributed by atoms with Crippen molar-refractivity contribution < 1.29 is 4.79 Å². The van der Waals surface area contributed by atoms with E-state index < -0.39 is 0 Å². The monoisotopic (exact) mass is 348 g/mol. The first kappa shape index (κ1) is 16.9. The van der Waals surface area contributed by atoms with Crippen molar-refractivity contribution in [1.82, 2.24) is 29.9 Å². The Morgan fingerprint density at radius 3 is 3.04 bits per heavy atom. The van der Waals surface area contributed by atoms with Gasteiger partial charge in [0.15, 0.2) is 5.82 Å². The van der Waals surface area contributed by atoms with Crippen molar-refractivity contribution in [3.05, 3.63) is 34.5 Å². The van der Waals surface area contributed by atoms with Gasteiger partial charge in [0, 0.05) is 44.1 Å². The van der Waals surface area contributed by atoms with Gasteiger partial charge >= 0.3 is 6.03 Å². The van der Waals surface area contributed by atoms with E-state index in [0.717, 1.165) is 51.5 Å². The fourth-order valence-corrected chi connectivity index (χ4v) is 3.65. The summed E-state index contributed by atoms with van der Waals surface area (Å²) < 4.78 is 1.94. The number of rotatable bonds is 5. The Kier molecular flexibility index (Phi) is 5.81. The molecule has 0 atom stereocenters. The minimum absolute atomic E-state index is 0.0152. The van der Waals surface area contributed by atoms with E-state index in [-0.39, 0.29) is 6.03 Å². The lowest BCUT2D eigenvalue weighted by Gasteiger charge is -2.22. The van der Waals surface area contributed by atoms with Gasteiger partial charge in [-0.3, -0.25) is 4.90 Å². The molecule has 3 heterocycles. The van der Waals surface area contributed by atoms with Gasteiger partial charge in [-0.15, -0.1) is 21.5 Å². The molecule has 0 spiro atoms. The van der Waals surface area contributed by atoms with Crippen LogP contribution >= 0.6 is 11.3 Å². The fraction of sp³-hybridized carbons (Fsp3) is 0.562. The second-order valence-electron chi connectivity index (χ2n) is 5.89. The molecule has 1 aliphatic rings. The van der Waals surface area contributed by atoms with Crippen LogP contribution in [0.25, 0.3) is 0 Å². The first-order chi connectivity index (χ1) is 11.8. The Labute approximate surface area is 146 Å². The van der Waals surface area contributed by atoms with Crippen molar-refractivity contribution >= 4 is 17.4 Å². The van der Waals surface area contributed by atoms with Crippen LogP contribution in [0.4, 0.5) is 4.79 Å². The van der Waals surface area contributed by atoms with Crippen molar-refractivity contribution in [1.29, 1.82) is 0 Å². The van der Waals surface area contributed by atoms with Gasteiger partial charge in [-0.1, -0.05) is 6.07 Å². The molecule has 1 N–H and O–H groups in total. The number of aromatic nitrogens is 3. The number of nitrogens with zero attached hydrogens (tertiary/aromatic N) is 5. The zero-order chi connectivity index (χ0) is 16.8. The molecule has 2 amide bonds. The third kappa shape index (κ3) is 4.33. The van der Waals surface area contributed by atoms with Gasteiger partial charge in [0.2, 0.25) is 0 Å². The number of carbonyl (C=O) groups is 1. The first-order valence-electron chi connectivity index (χ1n) is 8.40. The highest BCUT2D eigenvalue weighted by molar-refractivity contribution is 7.09. The van der Waals surface area contributed by atoms with Crippen LogP contribution in [0.2, 0.25) is 0 Å². The lowest BCUT2D eigenvalue weighted by Crippen LogP contribution is -2.42. The molecule has 2 aromatic rings. The minimum atomic E-state index is -0.0152. The predicted octanol–water partition coefficient (Wildman–Crippen LogP) is 1.78. The summed E-state index contributed by atoms with van der Waals surface area (Å²) in [6, 6.07) is 4.25. The molecule has 1 aliphatic heterocycles. The zero-order valence-corrected chi connectivity index (χ0v) is 14.8. The van der Waals surface area contributed by atoms with Crippen LogP contribution in [-0.2, 0) is 19.6 Å². The van der Waals surface area contributed by atoms with Crippen molar-refractivity contribution in [2.75, 3.05) is 26.2 Å². The summed E-state index contributed by atoms with van der Waals surface area (Å²) in [5, 5.41) is 13.0. The number of urea groups is 1. The number of aryl methyl sites for hydroxylation is 1. The third-order valence-corrected chi connectivity index (χ3v) is 5.13. The van der Waals surface area contributed by atoms with E-state index in [1.54, 1.807) is 17.7 Å². The predicted molar refractivity (Wildman–Crippen MR) is 93.7 cm³/mol. The lowest BCUT2D eigenvalue weighted by molar-refractivity contribution is 0.197. The van der Waals surface area contributed by atoms with Crippen LogP contribution in [0.1, 0.15) is 24.0 Å². The highest BCUT2D eigenvalue weighted by atomic mass is 32.1. The quantitative estimate of drug-likeness (QED) is 0.894. The smallest absolute Gasteiger partial charge is 0.317 e. The topological polar surface area (TPSA) is 66.3 Å². The number of thiophene rings is 1. The van der Waals surface area contributed by atoms with Crippen LogP contribution in [0, 0.1) is 0 Å². The standard InChI is InChI=1S/C16H24N6OS/c1-2-21-13-18-19-15(21)11-17-16(23)22-7-4-6-20(8-9-22)12-14-5-3-10-24-14/h3,5,10,13H,2,4,6-9,11-12H2,1H3,(H,17,23). The Balaban J connectivity index is 1.47. The van der Waals surface area contributed by atoms with Crippen LogP contribution < -0.4 is 5.32 Å². The highest BCUT2D eigenvalue weighted by Crippen LogP contribution is 2.13. The van der Waals surface area contributed by atoms with Crippen LogP contribution in [-0.4, -0.2) is 56.8 Å². The summed E-state index contributed by atoms with van der Waals surface area (Å²) in [4.78, 5) is 18.1. The maximum absolute atomic E-state index is 12.4. The average Bonchev–Trinajstić information content (AvgIpc) is 3.21. The molecule has 130 valence electrons. The SMILES string of the molecule is CCn1cnnc1CNC(=O)N1CCCN(Cc2cccs2)CC1. The Bertz CT molecular complexity index is 641. The van der Waals surface area contributed by atoms with Crippen LogP contribution in [0.15, 0.2) is 23.8 Å². The van der Waals surface area contributed by atoms with E-state index in [0.29, 0.717) is 6.54 Å². The van der Waals surface area contributed by atoms with E-state index in [9.17, 15) is 4.79 Å². The van der Waals surface area contributed by atoms with Crippen LogP contribution in [0.5, 0.6) is 0 Å². The molecule has 0 radical (unpaired) electrons. The second-order valence-corrected chi connectivity index (χ2v) is 6.92. The Morgan fingerprint density at radius 2 is 2.25 bits per heavy atom. The average molecular weight is 348 g/mol. The molecule has 3 rings (SSSR count). The second kappa shape index (κ2) is 8.25. The molecule has 0 saturated carbocycles. The number of carbonyl (C=O) groups excluding carboxylic acids is 1. The Morgan fingerprint density at radius 1 is 1.33 bits per heavy atom. The molecule has 24 heavy (non-hydrogen) atoms. The molecule has 2 aromatic heterocycles. The van der Waals surface area contributed by atoms with Gasteiger partial charge < -0.3 is 14.8 Å². The highest BCUT2D eigenvalue weighted by Gasteiger charge is 2.19. The van der Waals surface area contributed by atoms with E-state index >= 15 is 0 Å². The molecule has 0 unspecified atom stereocenters. The van der Waals surface area contributed by atoms with Crippen molar-refractivity contribution in [2.24, 2.45) is 0 Å². The number of hydrogen-bond acceptors (Lipinski definition) is 5. The Hall–Kier alpha value is -1.93. The summed E-state index contributed by atoms with van der Waals surface area (Å²) >= 11 is 1.79. The molecule has 0 bridgehead atoms. The van der Waals surface area contributed by atoms with Crippen LogP contribution in [0.3, 0.4) is 0 Å². The molecule has 0 aromatic carbocycles. The zero-order valence-electron chi connectivity index (χ0n) is 14.0. The fourth-order valence-electron chi connectivity index (χ4n) is 2.90. The summed E-state index contributed by atoms with van der Waals surface area (Å²) in [5.74, 6) is 0.792. The lowest BCUT2D eigenvalue weighted by atomic mass is 10.3. The summed E-state index contributed by atoms with van der Waals surface area (Å²) in [6.45, 7) is 7.74. The molecule has 1 fully saturated rings. The molecule has 8 heteroatoms. The molecular formula is C16H24N6OS. The van der Waals surface area contributed by atoms with Gasteiger partial charge in [0.1, 0.15) is 6.33 Å². The normalized spacial score (nSPS) is 16.1. The van der Waals surface area contributed by atoms with Crippen molar-refractivity contribution in [3.63, 3.8) is 0 Å². The number of nitrogens with one attached hydrogen (secondary N) is 1. The number of hydrogen-bond donors (Lipinski definition) is 1. The summed E-state index contributed by atoms with van der Waals surface area (Å²) in [7, 11) is 0. The molecule has 0 aliphatic carbocycles. The van der Waals surface area contributed by atoms with E-state index in [1.807, 2.05) is 16.4 Å². The number of amides is 2. The third-order valence-electron chi connectivity index (χ3n) is 4.27. The van der Waals surface area contributed by atoms with E-state index in [2.05, 4.69) is 37.9 Å². The summed E-state index contributed by atoms with van der Waals surface area (Å²) in [6.07, 6.45) is 2.69. The maximum atomic E-state index is 12.4. The van der Waals surface area contributed by atoms with Gasteiger partial charge in [0.05, 0.1) is 6.54 Å². The van der Waals surface area contributed by atoms with E-state index in [1.165, 1.54) is 4.88 Å². The van der Waals surface area contributed by atoms with E-state index in [4.69, 9.17) is 0 Å². The van der Waals surface area contributed by atoms with Gasteiger partial charge in [0.25, 0.3) is 0 Å². The maximum Gasteiger partial charge on any atom is 0.317 e. The first-order valence-corrected chi connectivity index (χ1v) is 9.28. The largest absolute Gasteiger partial charge is 0.331 e. The van der Waals surface area contributed by atoms with Crippen molar-refractivity contribution in [3.8, 4) is 0 Å². The van der Waals surface area contributed by atoms with Gasteiger partial charge in [-0.05, 0) is 24.8 Å². The molecule has 7 nitrogen and oxygen atoms in total. The summed E-state index contributed by atoms with van der Waals surface area (Å²) in [5.41, 5.74) is 0. The van der Waals surface area contributed by atoms with Gasteiger partial charge in [-0.25, -0.2) is 4.79 Å².